The summed E-state index contributed by atoms with van der Waals surface area (Å²) in [4.78, 5) is 0. The van der Waals surface area contributed by atoms with Crippen LogP contribution in [-0.2, 0) is 4.74 Å². The van der Waals surface area contributed by atoms with E-state index in [1.165, 1.54) is 6.07 Å². The van der Waals surface area contributed by atoms with E-state index in [9.17, 15) is 4.39 Å². The van der Waals surface area contributed by atoms with Crippen LogP contribution in [0.25, 0.3) is 0 Å². The molecular weight excluding hydrogens is 195 g/mol. The summed E-state index contributed by atoms with van der Waals surface area (Å²) in [5.74, 6) is -0.348. The summed E-state index contributed by atoms with van der Waals surface area (Å²) in [5, 5.41) is 12.0. The summed E-state index contributed by atoms with van der Waals surface area (Å²) >= 11 is 0. The van der Waals surface area contributed by atoms with E-state index in [0.717, 1.165) is 0 Å². The van der Waals surface area contributed by atoms with Gasteiger partial charge in [-0.15, -0.1) is 0 Å². The molecule has 1 heterocycles. The highest BCUT2D eigenvalue weighted by molar-refractivity contribution is 5.49. The van der Waals surface area contributed by atoms with Gasteiger partial charge >= 0.3 is 0 Å². The highest BCUT2D eigenvalue weighted by atomic mass is 19.1. The molecule has 1 saturated heterocycles. The third-order valence-electron chi connectivity index (χ3n) is 2.48. The van der Waals surface area contributed by atoms with E-state index in [4.69, 9.17) is 10.00 Å². The number of para-hydroxylation sites is 1. The van der Waals surface area contributed by atoms with Gasteiger partial charge in [-0.25, -0.2) is 4.39 Å². The van der Waals surface area contributed by atoms with Gasteiger partial charge in [0.25, 0.3) is 0 Å². The topological polar surface area (TPSA) is 45.0 Å². The van der Waals surface area contributed by atoms with Gasteiger partial charge in [0, 0.05) is 6.42 Å². The minimum absolute atomic E-state index is 0.303. The predicted octanol–water partition coefficient (Wildman–Crippen LogP) is 1.92. The Hall–Kier alpha value is -1.60. The van der Waals surface area contributed by atoms with Crippen molar-refractivity contribution in [3.8, 4) is 6.07 Å². The molecule has 1 N–H and O–H groups in total. The molecule has 1 atom stereocenters. The average Bonchev–Trinajstić information content (AvgIpc) is 2.71. The molecule has 4 heteroatoms. The van der Waals surface area contributed by atoms with Crippen molar-refractivity contribution < 1.29 is 9.13 Å². The Morgan fingerprint density at radius 1 is 1.47 bits per heavy atom. The first kappa shape index (κ1) is 9.94. The van der Waals surface area contributed by atoms with Gasteiger partial charge in [0.1, 0.15) is 5.82 Å². The number of rotatable bonds is 2. The highest BCUT2D eigenvalue weighted by Crippen LogP contribution is 2.25. The van der Waals surface area contributed by atoms with Gasteiger partial charge in [0.2, 0.25) is 0 Å². The molecule has 0 aromatic heterocycles. The zero-order valence-corrected chi connectivity index (χ0v) is 8.16. The lowest BCUT2D eigenvalue weighted by atomic mass is 10.0. The monoisotopic (exact) mass is 206 g/mol. The number of benzene rings is 1. The summed E-state index contributed by atoms with van der Waals surface area (Å²) in [6, 6.07) is 8.48. The van der Waals surface area contributed by atoms with Crippen molar-refractivity contribution in [2.75, 3.05) is 18.5 Å². The third-order valence-corrected chi connectivity index (χ3v) is 2.48. The molecule has 0 aliphatic carbocycles. The first-order valence-electron chi connectivity index (χ1n) is 4.77. The SMILES string of the molecule is N#CC1(Nc2ccccc2F)CCOC1. The molecule has 1 fully saturated rings. The first-order chi connectivity index (χ1) is 7.26. The minimum Gasteiger partial charge on any atom is -0.378 e. The number of nitrogens with one attached hydrogen (secondary N) is 1. The molecule has 2 rings (SSSR count). The fourth-order valence-electron chi connectivity index (χ4n) is 1.60. The predicted molar refractivity (Wildman–Crippen MR) is 53.8 cm³/mol. The van der Waals surface area contributed by atoms with Gasteiger partial charge in [-0.3, -0.25) is 0 Å². The van der Waals surface area contributed by atoms with Crippen molar-refractivity contribution in [2.24, 2.45) is 0 Å². The molecule has 1 aliphatic rings. The number of halogens is 1. The fraction of sp³-hybridized carbons (Fsp3) is 0.364. The number of nitrogens with zero attached hydrogens (tertiary/aromatic N) is 1. The van der Waals surface area contributed by atoms with Crippen molar-refractivity contribution >= 4 is 5.69 Å². The third kappa shape index (κ3) is 1.92. The van der Waals surface area contributed by atoms with Crippen molar-refractivity contribution in [3.63, 3.8) is 0 Å². The molecule has 1 unspecified atom stereocenters. The molecule has 3 nitrogen and oxygen atoms in total. The Labute approximate surface area is 87.5 Å². The largest absolute Gasteiger partial charge is 0.378 e. The number of anilines is 1. The summed E-state index contributed by atoms with van der Waals surface area (Å²) < 4.78 is 18.5. The molecule has 15 heavy (non-hydrogen) atoms. The van der Waals surface area contributed by atoms with Gasteiger partial charge in [0.05, 0.1) is 25.0 Å². The van der Waals surface area contributed by atoms with E-state index in [0.29, 0.717) is 25.3 Å². The van der Waals surface area contributed by atoms with Crippen LogP contribution >= 0.6 is 0 Å². The van der Waals surface area contributed by atoms with Crippen LogP contribution in [0.4, 0.5) is 10.1 Å². The Balaban J connectivity index is 2.21. The molecule has 1 aliphatic heterocycles. The zero-order chi connectivity index (χ0) is 10.7. The van der Waals surface area contributed by atoms with Crippen molar-refractivity contribution in [3.05, 3.63) is 30.1 Å². The summed E-state index contributed by atoms with van der Waals surface area (Å²) in [7, 11) is 0. The van der Waals surface area contributed by atoms with E-state index in [1.54, 1.807) is 18.2 Å². The Morgan fingerprint density at radius 3 is 2.87 bits per heavy atom. The van der Waals surface area contributed by atoms with E-state index in [-0.39, 0.29) is 5.82 Å². The number of nitriles is 1. The quantitative estimate of drug-likeness (QED) is 0.804. The van der Waals surface area contributed by atoms with Crippen LogP contribution in [0.1, 0.15) is 6.42 Å². The first-order valence-corrected chi connectivity index (χ1v) is 4.77. The van der Waals surface area contributed by atoms with E-state index >= 15 is 0 Å². The van der Waals surface area contributed by atoms with E-state index in [1.807, 2.05) is 0 Å². The summed E-state index contributed by atoms with van der Waals surface area (Å²) in [6.07, 6.45) is 0.581. The Kier molecular flexibility index (Phi) is 2.57. The van der Waals surface area contributed by atoms with Crippen LogP contribution in [0.5, 0.6) is 0 Å². The van der Waals surface area contributed by atoms with Crippen LogP contribution in [0.2, 0.25) is 0 Å². The van der Waals surface area contributed by atoms with Crippen LogP contribution < -0.4 is 5.32 Å². The molecular formula is C11H11FN2O. The Morgan fingerprint density at radius 2 is 2.27 bits per heavy atom. The molecule has 0 saturated carbocycles. The highest BCUT2D eigenvalue weighted by Gasteiger charge is 2.35. The van der Waals surface area contributed by atoms with Crippen LogP contribution in [0.3, 0.4) is 0 Å². The van der Waals surface area contributed by atoms with Crippen molar-refractivity contribution in [1.82, 2.24) is 0 Å². The second-order valence-corrected chi connectivity index (χ2v) is 3.60. The fourth-order valence-corrected chi connectivity index (χ4v) is 1.60. The van der Waals surface area contributed by atoms with Gasteiger partial charge < -0.3 is 10.1 Å². The maximum Gasteiger partial charge on any atom is 0.151 e. The summed E-state index contributed by atoms with van der Waals surface area (Å²) in [5.41, 5.74) is -0.424. The van der Waals surface area contributed by atoms with Gasteiger partial charge in [-0.05, 0) is 12.1 Å². The molecule has 0 bridgehead atoms. The maximum absolute atomic E-state index is 13.3. The molecule has 0 radical (unpaired) electrons. The number of hydrogen-bond donors (Lipinski definition) is 1. The van der Waals surface area contributed by atoms with E-state index in [2.05, 4.69) is 11.4 Å². The zero-order valence-electron chi connectivity index (χ0n) is 8.16. The minimum atomic E-state index is -0.776. The van der Waals surface area contributed by atoms with Crippen LogP contribution in [0.15, 0.2) is 24.3 Å². The van der Waals surface area contributed by atoms with Gasteiger partial charge in [0.15, 0.2) is 5.54 Å². The molecule has 0 spiro atoms. The van der Waals surface area contributed by atoms with Gasteiger partial charge in [-0.1, -0.05) is 12.1 Å². The summed E-state index contributed by atoms with van der Waals surface area (Å²) in [6.45, 7) is 0.840. The molecule has 1 aromatic carbocycles. The van der Waals surface area contributed by atoms with E-state index < -0.39 is 5.54 Å². The maximum atomic E-state index is 13.3. The lowest BCUT2D eigenvalue weighted by Gasteiger charge is -2.21. The lowest BCUT2D eigenvalue weighted by Crippen LogP contribution is -2.37. The smallest absolute Gasteiger partial charge is 0.151 e. The molecule has 78 valence electrons. The van der Waals surface area contributed by atoms with Gasteiger partial charge in [-0.2, -0.15) is 5.26 Å². The standard InChI is InChI=1S/C11H11FN2O/c12-9-3-1-2-4-10(9)14-11(7-13)5-6-15-8-11/h1-4,14H,5-6,8H2. The number of hydrogen-bond acceptors (Lipinski definition) is 3. The second-order valence-electron chi connectivity index (χ2n) is 3.60. The van der Waals surface area contributed by atoms with Crippen molar-refractivity contribution in [1.29, 1.82) is 5.26 Å². The van der Waals surface area contributed by atoms with Crippen molar-refractivity contribution in [2.45, 2.75) is 12.0 Å². The second kappa shape index (κ2) is 3.87. The van der Waals surface area contributed by atoms with Crippen LogP contribution in [0, 0.1) is 17.1 Å². The lowest BCUT2D eigenvalue weighted by molar-refractivity contribution is 0.189. The number of ether oxygens (including phenoxy) is 1. The Bertz CT molecular complexity index is 394. The molecule has 0 amide bonds. The molecule has 1 aromatic rings. The normalized spacial score (nSPS) is 24.8. The van der Waals surface area contributed by atoms with Crippen LogP contribution in [-0.4, -0.2) is 18.8 Å². The average molecular weight is 206 g/mol.